The number of para-hydroxylation sites is 1. The smallest absolute Gasteiger partial charge is 0.306 e. The number of aromatic nitrogens is 1. The van der Waals surface area contributed by atoms with E-state index in [9.17, 15) is 4.79 Å². The van der Waals surface area contributed by atoms with Gasteiger partial charge >= 0.3 is 5.97 Å². The quantitative estimate of drug-likeness (QED) is 0.472. The molecule has 7 nitrogen and oxygen atoms in total. The minimum atomic E-state index is -0.310. The molecular formula is C28H31N3O4. The van der Waals surface area contributed by atoms with Crippen LogP contribution in [0.1, 0.15) is 36.6 Å². The fraction of sp³-hybridized carbons (Fsp3) is 0.357. The molecule has 3 heterocycles. The van der Waals surface area contributed by atoms with E-state index in [0.717, 1.165) is 58.7 Å². The van der Waals surface area contributed by atoms with Gasteiger partial charge in [0, 0.05) is 28.6 Å². The van der Waals surface area contributed by atoms with Crippen LogP contribution in [0.5, 0.6) is 5.75 Å². The maximum atomic E-state index is 12.2. The van der Waals surface area contributed by atoms with Crippen LogP contribution in [-0.2, 0) is 21.0 Å². The first-order valence-corrected chi connectivity index (χ1v) is 12.1. The van der Waals surface area contributed by atoms with Crippen molar-refractivity contribution in [2.75, 3.05) is 19.7 Å². The molecule has 2 aliphatic rings. The molecule has 0 saturated carbocycles. The van der Waals surface area contributed by atoms with Gasteiger partial charge < -0.3 is 14.8 Å². The van der Waals surface area contributed by atoms with E-state index < -0.39 is 0 Å². The molecule has 0 bridgehead atoms. The molecule has 7 heteroatoms. The second kappa shape index (κ2) is 10.1. The predicted octanol–water partition coefficient (Wildman–Crippen LogP) is 4.30. The number of carbonyl (C=O) groups excluding carboxylic acids is 1. The third-order valence-electron chi connectivity index (χ3n) is 6.79. The van der Waals surface area contributed by atoms with Gasteiger partial charge in [0.05, 0.1) is 24.2 Å². The fourth-order valence-electron chi connectivity index (χ4n) is 4.97. The maximum absolute atomic E-state index is 12.2. The van der Waals surface area contributed by atoms with Crippen molar-refractivity contribution in [3.8, 4) is 5.75 Å². The molecular weight excluding hydrogens is 442 g/mol. The van der Waals surface area contributed by atoms with Gasteiger partial charge in [-0.15, -0.1) is 0 Å². The van der Waals surface area contributed by atoms with E-state index in [2.05, 4.69) is 34.0 Å². The van der Waals surface area contributed by atoms with Crippen molar-refractivity contribution in [2.45, 2.75) is 39.4 Å². The second-order valence-corrected chi connectivity index (χ2v) is 9.24. The fourth-order valence-corrected chi connectivity index (χ4v) is 4.97. The van der Waals surface area contributed by atoms with Crippen molar-refractivity contribution >= 4 is 22.6 Å². The zero-order chi connectivity index (χ0) is 24.3. The van der Waals surface area contributed by atoms with Crippen molar-refractivity contribution in [2.24, 2.45) is 5.41 Å². The van der Waals surface area contributed by atoms with Gasteiger partial charge in [-0.05, 0) is 74.9 Å². The third-order valence-corrected chi connectivity index (χ3v) is 6.79. The van der Waals surface area contributed by atoms with E-state index in [-0.39, 0.29) is 17.5 Å². The van der Waals surface area contributed by atoms with Crippen molar-refractivity contribution in [3.05, 3.63) is 77.5 Å². The summed E-state index contributed by atoms with van der Waals surface area (Å²) in [6.45, 7) is 6.27. The van der Waals surface area contributed by atoms with E-state index in [4.69, 9.17) is 14.3 Å². The topological polar surface area (TPSA) is 81.7 Å². The Labute approximate surface area is 205 Å². The van der Waals surface area contributed by atoms with E-state index in [1.807, 2.05) is 56.3 Å². The zero-order valence-electron chi connectivity index (χ0n) is 20.2. The van der Waals surface area contributed by atoms with E-state index >= 15 is 0 Å². The second-order valence-electron chi connectivity index (χ2n) is 9.24. The lowest BCUT2D eigenvalue weighted by atomic mass is 9.77. The molecule has 0 aliphatic carbocycles. The van der Waals surface area contributed by atoms with Crippen LogP contribution in [0.25, 0.3) is 16.6 Å². The first-order valence-electron chi connectivity index (χ1n) is 12.1. The van der Waals surface area contributed by atoms with Crippen molar-refractivity contribution in [3.63, 3.8) is 0 Å². The van der Waals surface area contributed by atoms with Crippen molar-refractivity contribution in [1.82, 2.24) is 15.8 Å². The minimum Gasteiger partial charge on any atom is -0.489 e. The number of ether oxygens (including phenoxy) is 2. The number of pyridine rings is 1. The zero-order valence-corrected chi connectivity index (χ0v) is 20.2. The molecule has 2 atom stereocenters. The minimum absolute atomic E-state index is 0.180. The Morgan fingerprint density at radius 1 is 1.20 bits per heavy atom. The lowest BCUT2D eigenvalue weighted by Gasteiger charge is -2.31. The lowest BCUT2D eigenvalue weighted by Crippen LogP contribution is -2.40. The SMILES string of the molecule is CCOC(=O)CC1(C2C=C(c3ccc(OCc4cc(C)nc5ccccc45)cc3)NO2)CCNC1. The number of hydrogen-bond donors (Lipinski definition) is 2. The summed E-state index contributed by atoms with van der Waals surface area (Å²) in [6.07, 6.45) is 3.06. The van der Waals surface area contributed by atoms with Gasteiger partial charge in [0.25, 0.3) is 0 Å². The normalized spacial score (nSPS) is 21.5. The van der Waals surface area contributed by atoms with Gasteiger partial charge in [0.15, 0.2) is 0 Å². The van der Waals surface area contributed by atoms with Crippen LogP contribution in [0.4, 0.5) is 0 Å². The van der Waals surface area contributed by atoms with Crippen LogP contribution >= 0.6 is 0 Å². The molecule has 2 unspecified atom stereocenters. The Bertz CT molecular complexity index is 1230. The number of nitrogens with one attached hydrogen (secondary N) is 2. The molecule has 35 heavy (non-hydrogen) atoms. The van der Waals surface area contributed by atoms with Gasteiger partial charge in [-0.1, -0.05) is 18.2 Å². The van der Waals surface area contributed by atoms with Gasteiger partial charge in [-0.3, -0.25) is 20.1 Å². The lowest BCUT2D eigenvalue weighted by molar-refractivity contribution is -0.148. The first-order chi connectivity index (χ1) is 17.1. The van der Waals surface area contributed by atoms with Crippen LogP contribution in [-0.4, -0.2) is 36.8 Å². The van der Waals surface area contributed by atoms with Crippen LogP contribution < -0.4 is 15.5 Å². The summed E-state index contributed by atoms with van der Waals surface area (Å²) in [5.74, 6) is 0.613. The number of rotatable bonds is 8. The standard InChI is InChI=1S/C28H31N3O4/c1-3-33-27(32)16-28(12-13-29-18-28)26-15-25(31-35-26)20-8-10-22(11-9-20)34-17-21-14-19(2)30-24-7-5-4-6-23(21)24/h4-11,14-15,26,29,31H,3,12-13,16-18H2,1-2H3. The Morgan fingerprint density at radius 3 is 2.80 bits per heavy atom. The Kier molecular flexibility index (Phi) is 6.70. The summed E-state index contributed by atoms with van der Waals surface area (Å²) in [5, 5.41) is 4.48. The number of benzene rings is 2. The molecule has 0 amide bonds. The van der Waals surface area contributed by atoms with E-state index in [1.165, 1.54) is 0 Å². The molecule has 5 rings (SSSR count). The molecule has 2 N–H and O–H groups in total. The average molecular weight is 474 g/mol. The molecule has 3 aromatic rings. The largest absolute Gasteiger partial charge is 0.489 e. The summed E-state index contributed by atoms with van der Waals surface area (Å²) in [4.78, 5) is 22.8. The highest BCUT2D eigenvalue weighted by molar-refractivity contribution is 5.82. The highest BCUT2D eigenvalue weighted by Gasteiger charge is 2.45. The Hall–Kier alpha value is -3.42. The number of hydrogen-bond acceptors (Lipinski definition) is 7. The molecule has 2 aromatic carbocycles. The molecule has 1 saturated heterocycles. The molecule has 0 spiro atoms. The summed E-state index contributed by atoms with van der Waals surface area (Å²) < 4.78 is 11.3. The van der Waals surface area contributed by atoms with Crippen LogP contribution in [0, 0.1) is 12.3 Å². The molecule has 2 aliphatic heterocycles. The van der Waals surface area contributed by atoms with Crippen molar-refractivity contribution < 1.29 is 19.1 Å². The summed E-state index contributed by atoms with van der Waals surface area (Å²) in [7, 11) is 0. The monoisotopic (exact) mass is 473 g/mol. The molecule has 1 fully saturated rings. The maximum Gasteiger partial charge on any atom is 0.306 e. The number of nitrogens with zero attached hydrogens (tertiary/aromatic N) is 1. The van der Waals surface area contributed by atoms with Crippen LogP contribution in [0.3, 0.4) is 0 Å². The van der Waals surface area contributed by atoms with Gasteiger partial charge in [-0.2, -0.15) is 0 Å². The number of fused-ring (bicyclic) bond motifs is 1. The highest BCUT2D eigenvalue weighted by Crippen LogP contribution is 2.39. The molecule has 182 valence electrons. The molecule has 1 aromatic heterocycles. The predicted molar refractivity (Wildman–Crippen MR) is 134 cm³/mol. The van der Waals surface area contributed by atoms with Crippen LogP contribution in [0.15, 0.2) is 60.7 Å². The van der Waals surface area contributed by atoms with E-state index in [0.29, 0.717) is 19.6 Å². The van der Waals surface area contributed by atoms with E-state index in [1.54, 1.807) is 0 Å². The summed E-state index contributed by atoms with van der Waals surface area (Å²) >= 11 is 0. The Morgan fingerprint density at radius 2 is 2.03 bits per heavy atom. The number of aryl methyl sites for hydroxylation is 1. The number of carbonyl (C=O) groups is 1. The van der Waals surface area contributed by atoms with Gasteiger partial charge in [0.2, 0.25) is 0 Å². The third kappa shape index (κ3) is 5.01. The molecule has 0 radical (unpaired) electrons. The summed E-state index contributed by atoms with van der Waals surface area (Å²) in [5.41, 5.74) is 7.73. The number of esters is 1. The Balaban J connectivity index is 1.27. The summed E-state index contributed by atoms with van der Waals surface area (Å²) in [6, 6.07) is 18.2. The van der Waals surface area contributed by atoms with Crippen LogP contribution in [0.2, 0.25) is 0 Å². The van der Waals surface area contributed by atoms with Gasteiger partial charge in [-0.25, -0.2) is 0 Å². The van der Waals surface area contributed by atoms with Gasteiger partial charge in [0.1, 0.15) is 18.5 Å². The van der Waals surface area contributed by atoms with Crippen molar-refractivity contribution in [1.29, 1.82) is 0 Å². The first kappa shape index (κ1) is 23.3. The highest BCUT2D eigenvalue weighted by atomic mass is 16.7. The number of hydroxylamine groups is 1. The average Bonchev–Trinajstić information content (AvgIpc) is 3.54.